The fourth-order valence-corrected chi connectivity index (χ4v) is 1.87. The van der Waals surface area contributed by atoms with Crippen LogP contribution in [0.1, 0.15) is 12.1 Å². The number of carboxylic acids is 1. The van der Waals surface area contributed by atoms with Crippen LogP contribution in [0.5, 0.6) is 0 Å². The van der Waals surface area contributed by atoms with Gasteiger partial charge in [0.15, 0.2) is 0 Å². The predicted octanol–water partition coefficient (Wildman–Crippen LogP) is 1.19. The van der Waals surface area contributed by atoms with Crippen molar-refractivity contribution in [1.82, 2.24) is 20.4 Å². The van der Waals surface area contributed by atoms with Crippen molar-refractivity contribution in [2.75, 3.05) is 13.1 Å². The van der Waals surface area contributed by atoms with Crippen LogP contribution in [-0.2, 0) is 11.2 Å². The highest BCUT2D eigenvalue weighted by atomic mass is 16.4. The van der Waals surface area contributed by atoms with Gasteiger partial charge in [0.2, 0.25) is 0 Å². The Morgan fingerprint density at radius 3 is 2.55 bits per heavy atom. The van der Waals surface area contributed by atoms with E-state index in [2.05, 4.69) is 15.7 Å². The SMILES string of the molecule is O=C(O)CCNC(=O)NCCc1ccn(-c2ccccc2)n1. The summed E-state index contributed by atoms with van der Waals surface area (Å²) in [6.07, 6.45) is 2.39. The summed E-state index contributed by atoms with van der Waals surface area (Å²) in [6.45, 7) is 0.550. The van der Waals surface area contributed by atoms with E-state index in [1.807, 2.05) is 42.6 Å². The number of hydrogen-bond acceptors (Lipinski definition) is 3. The molecule has 1 aromatic heterocycles. The highest BCUT2D eigenvalue weighted by molar-refractivity contribution is 5.74. The molecule has 0 aliphatic heterocycles. The third-order valence-corrected chi connectivity index (χ3v) is 2.96. The van der Waals surface area contributed by atoms with Gasteiger partial charge in [0.05, 0.1) is 17.8 Å². The third-order valence-electron chi connectivity index (χ3n) is 2.96. The first kappa shape index (κ1) is 15.6. The van der Waals surface area contributed by atoms with Crippen molar-refractivity contribution in [2.45, 2.75) is 12.8 Å². The Kier molecular flexibility index (Phi) is 5.53. The molecule has 2 amide bonds. The molecule has 0 fully saturated rings. The highest BCUT2D eigenvalue weighted by Gasteiger charge is 2.04. The molecular weight excluding hydrogens is 284 g/mol. The average Bonchev–Trinajstić information content (AvgIpc) is 2.97. The van der Waals surface area contributed by atoms with Gasteiger partial charge in [-0.05, 0) is 18.2 Å². The minimum absolute atomic E-state index is 0.0884. The number of hydrogen-bond donors (Lipinski definition) is 3. The Hall–Kier alpha value is -2.83. The van der Waals surface area contributed by atoms with Crippen LogP contribution in [0.3, 0.4) is 0 Å². The summed E-state index contributed by atoms with van der Waals surface area (Å²) in [4.78, 5) is 21.7. The van der Waals surface area contributed by atoms with Crippen molar-refractivity contribution in [1.29, 1.82) is 0 Å². The van der Waals surface area contributed by atoms with Gasteiger partial charge in [-0.15, -0.1) is 0 Å². The average molecular weight is 302 g/mol. The molecule has 2 aromatic rings. The van der Waals surface area contributed by atoms with E-state index in [4.69, 9.17) is 5.11 Å². The maximum Gasteiger partial charge on any atom is 0.314 e. The molecule has 22 heavy (non-hydrogen) atoms. The third kappa shape index (κ3) is 4.93. The van der Waals surface area contributed by atoms with E-state index in [0.717, 1.165) is 11.4 Å². The lowest BCUT2D eigenvalue weighted by Gasteiger charge is -2.05. The number of nitrogens with zero attached hydrogens (tertiary/aromatic N) is 2. The van der Waals surface area contributed by atoms with E-state index in [1.54, 1.807) is 4.68 Å². The normalized spacial score (nSPS) is 10.2. The first-order valence-electron chi connectivity index (χ1n) is 6.98. The van der Waals surface area contributed by atoms with Gasteiger partial charge in [0.1, 0.15) is 0 Å². The van der Waals surface area contributed by atoms with Crippen LogP contribution < -0.4 is 10.6 Å². The van der Waals surface area contributed by atoms with Crippen LogP contribution in [0.15, 0.2) is 42.6 Å². The number of aliphatic carboxylic acids is 1. The van der Waals surface area contributed by atoms with Crippen LogP contribution in [0.25, 0.3) is 5.69 Å². The molecule has 0 aliphatic rings. The second-order valence-corrected chi connectivity index (χ2v) is 4.66. The van der Waals surface area contributed by atoms with Crippen LogP contribution in [-0.4, -0.2) is 40.0 Å². The van der Waals surface area contributed by atoms with Crippen molar-refractivity contribution < 1.29 is 14.7 Å². The zero-order valence-corrected chi connectivity index (χ0v) is 12.0. The molecule has 0 atom stereocenters. The molecule has 116 valence electrons. The van der Waals surface area contributed by atoms with E-state index < -0.39 is 5.97 Å². The zero-order chi connectivity index (χ0) is 15.8. The predicted molar refractivity (Wildman–Crippen MR) is 80.9 cm³/mol. The second kappa shape index (κ2) is 7.82. The van der Waals surface area contributed by atoms with Crippen molar-refractivity contribution in [3.63, 3.8) is 0 Å². The monoisotopic (exact) mass is 302 g/mol. The molecule has 1 aromatic carbocycles. The summed E-state index contributed by atoms with van der Waals surface area (Å²) in [5.74, 6) is -0.938. The molecule has 1 heterocycles. The Bertz CT molecular complexity index is 625. The number of nitrogens with one attached hydrogen (secondary N) is 2. The number of para-hydroxylation sites is 1. The molecule has 0 bridgehead atoms. The van der Waals surface area contributed by atoms with E-state index >= 15 is 0 Å². The first-order valence-corrected chi connectivity index (χ1v) is 6.98. The minimum atomic E-state index is -0.938. The van der Waals surface area contributed by atoms with Gasteiger partial charge in [-0.2, -0.15) is 5.10 Å². The summed E-state index contributed by atoms with van der Waals surface area (Å²) in [7, 11) is 0. The van der Waals surface area contributed by atoms with E-state index in [-0.39, 0.29) is 19.0 Å². The molecule has 0 unspecified atom stereocenters. The highest BCUT2D eigenvalue weighted by Crippen LogP contribution is 2.06. The Labute approximate surface area is 128 Å². The van der Waals surface area contributed by atoms with Crippen molar-refractivity contribution >= 4 is 12.0 Å². The van der Waals surface area contributed by atoms with Gasteiger partial charge < -0.3 is 15.7 Å². The fourth-order valence-electron chi connectivity index (χ4n) is 1.87. The van der Waals surface area contributed by atoms with Gasteiger partial charge in [-0.3, -0.25) is 4.79 Å². The number of urea groups is 1. The lowest BCUT2D eigenvalue weighted by atomic mass is 10.3. The number of carbonyl (C=O) groups is 2. The topological polar surface area (TPSA) is 96.3 Å². The van der Waals surface area contributed by atoms with Gasteiger partial charge in [0.25, 0.3) is 0 Å². The molecule has 0 radical (unpaired) electrons. The Morgan fingerprint density at radius 1 is 1.09 bits per heavy atom. The number of aromatic nitrogens is 2. The van der Waals surface area contributed by atoms with E-state index in [9.17, 15) is 9.59 Å². The van der Waals surface area contributed by atoms with Crippen molar-refractivity contribution in [3.05, 3.63) is 48.3 Å². The van der Waals surface area contributed by atoms with Crippen LogP contribution in [0, 0.1) is 0 Å². The first-order chi connectivity index (χ1) is 10.6. The summed E-state index contributed by atoms with van der Waals surface area (Å²) in [5, 5.41) is 18.0. The second-order valence-electron chi connectivity index (χ2n) is 4.66. The lowest BCUT2D eigenvalue weighted by molar-refractivity contribution is -0.136. The molecule has 0 saturated carbocycles. The zero-order valence-electron chi connectivity index (χ0n) is 12.0. The smallest absolute Gasteiger partial charge is 0.314 e. The molecule has 0 aliphatic carbocycles. The Balaban J connectivity index is 1.73. The van der Waals surface area contributed by atoms with Crippen LogP contribution >= 0.6 is 0 Å². The molecule has 3 N–H and O–H groups in total. The van der Waals surface area contributed by atoms with Crippen molar-refractivity contribution in [2.24, 2.45) is 0 Å². The fraction of sp³-hybridized carbons (Fsp3) is 0.267. The summed E-state index contributed by atoms with van der Waals surface area (Å²) >= 11 is 0. The van der Waals surface area contributed by atoms with E-state index in [0.29, 0.717) is 13.0 Å². The van der Waals surface area contributed by atoms with E-state index in [1.165, 1.54) is 0 Å². The van der Waals surface area contributed by atoms with Gasteiger partial charge in [-0.1, -0.05) is 18.2 Å². The maximum absolute atomic E-state index is 11.4. The number of carbonyl (C=O) groups excluding carboxylic acids is 1. The number of benzene rings is 1. The molecule has 0 spiro atoms. The molecular formula is C15H18N4O3. The minimum Gasteiger partial charge on any atom is -0.481 e. The van der Waals surface area contributed by atoms with Gasteiger partial charge >= 0.3 is 12.0 Å². The summed E-state index contributed by atoms with van der Waals surface area (Å²) in [6, 6.07) is 11.3. The van der Waals surface area contributed by atoms with Gasteiger partial charge in [0, 0.05) is 25.7 Å². The quantitative estimate of drug-likeness (QED) is 0.715. The van der Waals surface area contributed by atoms with Crippen LogP contribution in [0.4, 0.5) is 4.79 Å². The number of rotatable bonds is 7. The number of amides is 2. The maximum atomic E-state index is 11.4. The molecule has 7 heteroatoms. The molecule has 2 rings (SSSR count). The summed E-state index contributed by atoms with van der Waals surface area (Å²) in [5.41, 5.74) is 1.85. The largest absolute Gasteiger partial charge is 0.481 e. The standard InChI is InChI=1S/C15H18N4O3/c20-14(21)7-10-17-15(22)16-9-6-12-8-11-19(18-12)13-4-2-1-3-5-13/h1-5,8,11H,6-7,9-10H2,(H,20,21)(H2,16,17,22). The molecule has 7 nitrogen and oxygen atoms in total. The van der Waals surface area contributed by atoms with Gasteiger partial charge in [-0.25, -0.2) is 9.48 Å². The Morgan fingerprint density at radius 2 is 1.82 bits per heavy atom. The summed E-state index contributed by atoms with van der Waals surface area (Å²) < 4.78 is 1.78. The number of carboxylic acid groups (broad SMARTS) is 1. The van der Waals surface area contributed by atoms with Crippen LogP contribution in [0.2, 0.25) is 0 Å². The lowest BCUT2D eigenvalue weighted by Crippen LogP contribution is -2.37. The van der Waals surface area contributed by atoms with Crippen molar-refractivity contribution in [3.8, 4) is 5.69 Å². The molecule has 0 saturated heterocycles.